The molecule has 0 aliphatic carbocycles. The SMILES string of the molecule is C/C=C(/CC)c1cc(C(C)C)cc(C(C)C)c1. The summed E-state index contributed by atoms with van der Waals surface area (Å²) < 4.78 is 0. The van der Waals surface area contributed by atoms with Gasteiger partial charge in [0.15, 0.2) is 0 Å². The van der Waals surface area contributed by atoms with E-state index in [-0.39, 0.29) is 0 Å². The standard InChI is InChI=1S/C17H26/c1-7-14(8-2)17-10-15(12(3)4)9-16(11-17)13(5)6/h7,9-13H,8H2,1-6H3/b14-7-. The fourth-order valence-corrected chi connectivity index (χ4v) is 2.10. The van der Waals surface area contributed by atoms with Crippen LogP contribution in [0.5, 0.6) is 0 Å². The van der Waals surface area contributed by atoms with Gasteiger partial charge in [-0.15, -0.1) is 0 Å². The second-order valence-electron chi connectivity index (χ2n) is 5.37. The molecule has 0 spiro atoms. The summed E-state index contributed by atoms with van der Waals surface area (Å²) >= 11 is 0. The van der Waals surface area contributed by atoms with Crippen molar-refractivity contribution in [3.8, 4) is 0 Å². The number of benzene rings is 1. The molecule has 0 bridgehead atoms. The normalized spacial score (nSPS) is 12.6. The van der Waals surface area contributed by atoms with Gasteiger partial charge in [0.05, 0.1) is 0 Å². The van der Waals surface area contributed by atoms with E-state index in [0.717, 1.165) is 6.42 Å². The number of rotatable bonds is 4. The molecular weight excluding hydrogens is 204 g/mol. The van der Waals surface area contributed by atoms with E-state index in [9.17, 15) is 0 Å². The van der Waals surface area contributed by atoms with Gasteiger partial charge in [-0.3, -0.25) is 0 Å². The van der Waals surface area contributed by atoms with E-state index in [4.69, 9.17) is 0 Å². The predicted molar refractivity (Wildman–Crippen MR) is 78.6 cm³/mol. The molecule has 1 rings (SSSR count). The van der Waals surface area contributed by atoms with Crippen molar-refractivity contribution in [2.75, 3.05) is 0 Å². The maximum absolute atomic E-state index is 2.36. The molecular formula is C17H26. The summed E-state index contributed by atoms with van der Waals surface area (Å²) in [5, 5.41) is 0. The minimum Gasteiger partial charge on any atom is -0.0839 e. The Labute approximate surface area is 107 Å². The zero-order valence-electron chi connectivity index (χ0n) is 12.2. The summed E-state index contributed by atoms with van der Waals surface area (Å²) in [4.78, 5) is 0. The van der Waals surface area contributed by atoms with E-state index in [1.54, 1.807) is 0 Å². The van der Waals surface area contributed by atoms with Crippen LogP contribution in [0.15, 0.2) is 24.3 Å². The number of hydrogen-bond donors (Lipinski definition) is 0. The molecule has 17 heavy (non-hydrogen) atoms. The Balaban J connectivity index is 3.31. The highest BCUT2D eigenvalue weighted by molar-refractivity contribution is 5.66. The molecule has 0 fully saturated rings. The van der Waals surface area contributed by atoms with Crippen molar-refractivity contribution in [2.45, 2.75) is 59.8 Å². The molecule has 0 amide bonds. The van der Waals surface area contributed by atoms with Gasteiger partial charge < -0.3 is 0 Å². The molecule has 0 radical (unpaired) electrons. The maximum atomic E-state index is 2.36. The lowest BCUT2D eigenvalue weighted by Crippen LogP contribution is -1.96. The van der Waals surface area contributed by atoms with E-state index in [2.05, 4.69) is 65.8 Å². The molecule has 0 unspecified atom stereocenters. The van der Waals surface area contributed by atoms with Crippen LogP contribution in [0.25, 0.3) is 5.57 Å². The van der Waals surface area contributed by atoms with Crippen molar-refractivity contribution in [2.24, 2.45) is 0 Å². The smallest absolute Gasteiger partial charge is 0.0219 e. The van der Waals surface area contributed by atoms with Gasteiger partial charge in [-0.2, -0.15) is 0 Å². The number of allylic oxidation sites excluding steroid dienone is 2. The molecule has 0 saturated carbocycles. The van der Waals surface area contributed by atoms with Gasteiger partial charge in [0.1, 0.15) is 0 Å². The van der Waals surface area contributed by atoms with Crippen molar-refractivity contribution >= 4 is 5.57 Å². The average Bonchev–Trinajstić information content (AvgIpc) is 2.30. The van der Waals surface area contributed by atoms with Gasteiger partial charge in [0.2, 0.25) is 0 Å². The summed E-state index contributed by atoms with van der Waals surface area (Å²) in [5.74, 6) is 1.20. The molecule has 0 N–H and O–H groups in total. The molecule has 0 heteroatoms. The lowest BCUT2D eigenvalue weighted by molar-refractivity contribution is 0.832. The third-order valence-electron chi connectivity index (χ3n) is 3.41. The van der Waals surface area contributed by atoms with Crippen LogP contribution in [-0.4, -0.2) is 0 Å². The fraction of sp³-hybridized carbons (Fsp3) is 0.529. The van der Waals surface area contributed by atoms with Crippen LogP contribution in [0, 0.1) is 0 Å². The third-order valence-corrected chi connectivity index (χ3v) is 3.41. The maximum Gasteiger partial charge on any atom is -0.0219 e. The van der Waals surface area contributed by atoms with Crippen LogP contribution < -0.4 is 0 Å². The molecule has 0 aromatic heterocycles. The zero-order chi connectivity index (χ0) is 13.0. The van der Waals surface area contributed by atoms with Gasteiger partial charge in [-0.05, 0) is 47.4 Å². The lowest BCUT2D eigenvalue weighted by Gasteiger charge is -2.15. The Morgan fingerprint density at radius 2 is 1.47 bits per heavy atom. The van der Waals surface area contributed by atoms with Crippen LogP contribution in [0.1, 0.15) is 76.5 Å². The van der Waals surface area contributed by atoms with Crippen molar-refractivity contribution in [1.29, 1.82) is 0 Å². The molecule has 1 aromatic carbocycles. The van der Waals surface area contributed by atoms with Gasteiger partial charge in [0, 0.05) is 0 Å². The lowest BCUT2D eigenvalue weighted by atomic mass is 9.90. The Morgan fingerprint density at radius 1 is 1.00 bits per heavy atom. The van der Waals surface area contributed by atoms with E-state index in [1.165, 1.54) is 22.3 Å². The Kier molecular flexibility index (Phi) is 4.99. The first-order valence-corrected chi connectivity index (χ1v) is 6.80. The third kappa shape index (κ3) is 3.46. The second-order valence-corrected chi connectivity index (χ2v) is 5.37. The summed E-state index contributed by atoms with van der Waals surface area (Å²) in [5.41, 5.74) is 5.78. The molecule has 0 saturated heterocycles. The minimum atomic E-state index is 0.599. The van der Waals surface area contributed by atoms with Crippen LogP contribution >= 0.6 is 0 Å². The van der Waals surface area contributed by atoms with Crippen molar-refractivity contribution in [3.05, 3.63) is 41.0 Å². The van der Waals surface area contributed by atoms with E-state index < -0.39 is 0 Å². The highest BCUT2D eigenvalue weighted by Gasteiger charge is 2.08. The molecule has 0 heterocycles. The Hall–Kier alpha value is -1.04. The molecule has 0 aliphatic heterocycles. The van der Waals surface area contributed by atoms with Crippen molar-refractivity contribution in [1.82, 2.24) is 0 Å². The Bertz CT molecular complexity index is 368. The average molecular weight is 230 g/mol. The van der Waals surface area contributed by atoms with E-state index in [1.807, 2.05) is 0 Å². The first-order chi connectivity index (χ1) is 7.99. The quantitative estimate of drug-likeness (QED) is 0.618. The van der Waals surface area contributed by atoms with Crippen molar-refractivity contribution in [3.63, 3.8) is 0 Å². The second kappa shape index (κ2) is 6.05. The summed E-state index contributed by atoms with van der Waals surface area (Å²) in [6.07, 6.45) is 3.35. The van der Waals surface area contributed by atoms with Gasteiger partial charge in [-0.25, -0.2) is 0 Å². The largest absolute Gasteiger partial charge is 0.0839 e. The summed E-state index contributed by atoms with van der Waals surface area (Å²) in [6, 6.07) is 7.08. The zero-order valence-corrected chi connectivity index (χ0v) is 12.2. The van der Waals surface area contributed by atoms with Gasteiger partial charge in [0.25, 0.3) is 0 Å². The molecule has 94 valence electrons. The molecule has 0 nitrogen and oxygen atoms in total. The summed E-state index contributed by atoms with van der Waals surface area (Å²) in [7, 11) is 0. The molecule has 0 atom stereocenters. The van der Waals surface area contributed by atoms with Crippen LogP contribution in [0.3, 0.4) is 0 Å². The first-order valence-electron chi connectivity index (χ1n) is 6.80. The highest BCUT2D eigenvalue weighted by atomic mass is 14.1. The van der Waals surface area contributed by atoms with Crippen LogP contribution in [-0.2, 0) is 0 Å². The topological polar surface area (TPSA) is 0 Å². The minimum absolute atomic E-state index is 0.599. The van der Waals surface area contributed by atoms with Crippen molar-refractivity contribution < 1.29 is 0 Å². The van der Waals surface area contributed by atoms with E-state index in [0.29, 0.717) is 11.8 Å². The first kappa shape index (κ1) is 14.0. The van der Waals surface area contributed by atoms with Gasteiger partial charge >= 0.3 is 0 Å². The van der Waals surface area contributed by atoms with Crippen LogP contribution in [0.2, 0.25) is 0 Å². The molecule has 1 aromatic rings. The monoisotopic (exact) mass is 230 g/mol. The molecule has 0 aliphatic rings. The number of hydrogen-bond acceptors (Lipinski definition) is 0. The predicted octanol–water partition coefficient (Wildman–Crippen LogP) is 5.75. The van der Waals surface area contributed by atoms with E-state index >= 15 is 0 Å². The summed E-state index contributed by atoms with van der Waals surface area (Å²) in [6.45, 7) is 13.4. The highest BCUT2D eigenvalue weighted by Crippen LogP contribution is 2.28. The Morgan fingerprint density at radius 3 is 1.76 bits per heavy atom. The fourth-order valence-electron chi connectivity index (χ4n) is 2.10. The van der Waals surface area contributed by atoms with Crippen LogP contribution in [0.4, 0.5) is 0 Å². The van der Waals surface area contributed by atoms with Gasteiger partial charge in [-0.1, -0.05) is 58.9 Å².